The van der Waals surface area contributed by atoms with E-state index in [9.17, 15) is 20.1 Å². The lowest BCUT2D eigenvalue weighted by Crippen LogP contribution is -2.48. The van der Waals surface area contributed by atoms with Crippen molar-refractivity contribution in [1.82, 2.24) is 5.32 Å². The number of carbonyl (C=O) groups is 1. The number of aliphatic hydroxyl groups excluding tert-OH is 3. The van der Waals surface area contributed by atoms with Crippen LogP contribution in [0.25, 0.3) is 0 Å². The highest BCUT2D eigenvalue weighted by atomic mass is 16.3. The highest BCUT2D eigenvalue weighted by Crippen LogP contribution is 2.12. The van der Waals surface area contributed by atoms with Crippen LogP contribution >= 0.6 is 0 Å². The Bertz CT molecular complexity index is 631. The van der Waals surface area contributed by atoms with Crippen LogP contribution in [0.5, 0.6) is 0 Å². The third kappa shape index (κ3) is 25.5. The number of allylic oxidation sites excluding steroid dienone is 5. The van der Waals surface area contributed by atoms with E-state index >= 15 is 0 Å². The number of carbonyl (C=O) groups excluding carboxylic acids is 1. The van der Waals surface area contributed by atoms with Gasteiger partial charge in [0.25, 0.3) is 0 Å². The van der Waals surface area contributed by atoms with E-state index in [1.54, 1.807) is 6.08 Å². The third-order valence-electron chi connectivity index (χ3n) is 7.45. The first-order valence-electron chi connectivity index (χ1n) is 16.8. The molecule has 5 nitrogen and oxygen atoms in total. The average molecular weight is 564 g/mol. The summed E-state index contributed by atoms with van der Waals surface area (Å²) in [5, 5.41) is 32.8. The molecular formula is C35H65NO4. The van der Waals surface area contributed by atoms with Crippen LogP contribution in [0, 0.1) is 0 Å². The van der Waals surface area contributed by atoms with Crippen molar-refractivity contribution in [3.8, 4) is 0 Å². The molecule has 0 aromatic carbocycles. The lowest BCUT2D eigenvalue weighted by molar-refractivity contribution is -0.131. The topological polar surface area (TPSA) is 89.8 Å². The molecule has 0 aliphatic heterocycles. The minimum absolute atomic E-state index is 0.380. The van der Waals surface area contributed by atoms with Crippen molar-refractivity contribution in [2.75, 3.05) is 6.61 Å². The summed E-state index contributed by atoms with van der Waals surface area (Å²) in [6.07, 6.45) is 35.8. The zero-order valence-electron chi connectivity index (χ0n) is 26.2. The number of amides is 1. The molecule has 0 heterocycles. The number of hydrogen-bond acceptors (Lipinski definition) is 4. The molecule has 0 aromatic rings. The summed E-state index contributed by atoms with van der Waals surface area (Å²) in [6.45, 7) is 4.10. The van der Waals surface area contributed by atoms with Crippen molar-refractivity contribution in [2.24, 2.45) is 0 Å². The summed E-state index contributed by atoms with van der Waals surface area (Å²) in [4.78, 5) is 12.3. The van der Waals surface area contributed by atoms with E-state index in [0.717, 1.165) is 51.4 Å². The molecule has 0 fully saturated rings. The van der Waals surface area contributed by atoms with Crippen LogP contribution in [-0.4, -0.2) is 46.1 Å². The Hall–Kier alpha value is -1.43. The highest BCUT2D eigenvalue weighted by Gasteiger charge is 2.22. The van der Waals surface area contributed by atoms with Crippen LogP contribution < -0.4 is 5.32 Å². The van der Waals surface area contributed by atoms with E-state index < -0.39 is 24.2 Å². The summed E-state index contributed by atoms with van der Waals surface area (Å²) in [6, 6.07) is -0.815. The smallest absolute Gasteiger partial charge is 0.249 e. The van der Waals surface area contributed by atoms with Crippen molar-refractivity contribution < 1.29 is 20.1 Å². The molecule has 4 N–H and O–H groups in total. The zero-order chi connectivity index (χ0) is 29.5. The van der Waals surface area contributed by atoms with Gasteiger partial charge in [-0.2, -0.15) is 0 Å². The van der Waals surface area contributed by atoms with Gasteiger partial charge in [0.15, 0.2) is 0 Å². The first kappa shape index (κ1) is 38.6. The normalized spacial score (nSPS) is 14.4. The van der Waals surface area contributed by atoms with E-state index in [1.165, 1.54) is 83.5 Å². The minimum atomic E-state index is -1.11. The van der Waals surface area contributed by atoms with Gasteiger partial charge >= 0.3 is 0 Å². The SMILES string of the molecule is CCCCC/C=C\CCCCCCC(O)C(=O)NC(CO)C(O)/C=C/CC/C=C/CCCCCCCCCCC. The largest absolute Gasteiger partial charge is 0.394 e. The molecule has 0 saturated heterocycles. The first-order valence-corrected chi connectivity index (χ1v) is 16.8. The molecule has 40 heavy (non-hydrogen) atoms. The standard InChI is InChI=1S/C35H65NO4/c1-3-5-7-9-11-13-15-16-17-18-20-21-23-25-27-29-33(38)32(31-37)36-35(40)34(39)30-28-26-24-22-19-14-12-10-8-6-4-2/h12,14,20-21,27,29,32-34,37-39H,3-11,13,15-19,22-26,28,30-31H2,1-2H3,(H,36,40)/b14-12-,21-20+,29-27+. The molecule has 0 radical (unpaired) electrons. The maximum Gasteiger partial charge on any atom is 0.249 e. The number of unbranched alkanes of at least 4 members (excludes halogenated alkanes) is 17. The monoisotopic (exact) mass is 563 g/mol. The van der Waals surface area contributed by atoms with Crippen LogP contribution in [0.3, 0.4) is 0 Å². The Morgan fingerprint density at radius 2 is 1.02 bits per heavy atom. The number of rotatable bonds is 29. The van der Waals surface area contributed by atoms with Crippen LogP contribution in [0.1, 0.15) is 155 Å². The van der Waals surface area contributed by atoms with Gasteiger partial charge in [0.2, 0.25) is 5.91 Å². The minimum Gasteiger partial charge on any atom is -0.394 e. The second-order valence-corrected chi connectivity index (χ2v) is 11.4. The predicted molar refractivity (Wildman–Crippen MR) is 171 cm³/mol. The van der Waals surface area contributed by atoms with Gasteiger partial charge in [-0.15, -0.1) is 0 Å². The van der Waals surface area contributed by atoms with Gasteiger partial charge in [0.05, 0.1) is 18.8 Å². The molecule has 0 saturated carbocycles. The lowest BCUT2D eigenvalue weighted by atomic mass is 10.1. The number of hydrogen-bond donors (Lipinski definition) is 4. The fourth-order valence-electron chi connectivity index (χ4n) is 4.72. The molecule has 0 rings (SSSR count). The van der Waals surface area contributed by atoms with Crippen molar-refractivity contribution >= 4 is 5.91 Å². The predicted octanol–water partition coefficient (Wildman–Crippen LogP) is 8.48. The zero-order valence-corrected chi connectivity index (χ0v) is 26.2. The number of aliphatic hydroxyl groups is 3. The molecule has 3 unspecified atom stereocenters. The van der Waals surface area contributed by atoms with Crippen molar-refractivity contribution in [3.63, 3.8) is 0 Å². The second kappa shape index (κ2) is 30.5. The van der Waals surface area contributed by atoms with E-state index in [1.807, 2.05) is 6.08 Å². The summed E-state index contributed by atoms with van der Waals surface area (Å²) < 4.78 is 0. The van der Waals surface area contributed by atoms with Gasteiger partial charge < -0.3 is 20.6 Å². The van der Waals surface area contributed by atoms with Crippen LogP contribution in [-0.2, 0) is 4.79 Å². The van der Waals surface area contributed by atoms with Gasteiger partial charge in [-0.3, -0.25) is 4.79 Å². The third-order valence-corrected chi connectivity index (χ3v) is 7.45. The van der Waals surface area contributed by atoms with E-state index in [2.05, 4.69) is 43.5 Å². The van der Waals surface area contributed by atoms with Crippen LogP contribution in [0.4, 0.5) is 0 Å². The second-order valence-electron chi connectivity index (χ2n) is 11.4. The van der Waals surface area contributed by atoms with E-state index in [4.69, 9.17) is 0 Å². The van der Waals surface area contributed by atoms with Gasteiger partial charge in [-0.25, -0.2) is 0 Å². The fourth-order valence-corrected chi connectivity index (χ4v) is 4.72. The Labute approximate surface area is 247 Å². The van der Waals surface area contributed by atoms with Gasteiger partial charge in [0.1, 0.15) is 6.10 Å². The Kier molecular flexibility index (Phi) is 29.4. The molecule has 0 aromatic heterocycles. The Morgan fingerprint density at radius 3 is 1.57 bits per heavy atom. The molecule has 234 valence electrons. The molecule has 0 spiro atoms. The van der Waals surface area contributed by atoms with Crippen LogP contribution in [0.2, 0.25) is 0 Å². The molecule has 5 heteroatoms. The van der Waals surface area contributed by atoms with Crippen molar-refractivity contribution in [3.05, 3.63) is 36.5 Å². The molecule has 0 bridgehead atoms. The fraction of sp³-hybridized carbons (Fsp3) is 0.800. The highest BCUT2D eigenvalue weighted by molar-refractivity contribution is 5.80. The summed E-state index contributed by atoms with van der Waals surface area (Å²) in [5.74, 6) is -0.527. The van der Waals surface area contributed by atoms with Gasteiger partial charge in [-0.05, 0) is 57.8 Å². The maximum atomic E-state index is 12.3. The summed E-state index contributed by atoms with van der Waals surface area (Å²) in [7, 11) is 0. The van der Waals surface area contributed by atoms with Gasteiger partial charge in [0, 0.05) is 0 Å². The molecular weight excluding hydrogens is 498 g/mol. The van der Waals surface area contributed by atoms with Crippen LogP contribution in [0.15, 0.2) is 36.5 Å². The average Bonchev–Trinajstić information content (AvgIpc) is 2.96. The molecule has 1 amide bonds. The van der Waals surface area contributed by atoms with Gasteiger partial charge in [-0.1, -0.05) is 134 Å². The van der Waals surface area contributed by atoms with Crippen molar-refractivity contribution in [2.45, 2.75) is 173 Å². The lowest BCUT2D eigenvalue weighted by Gasteiger charge is -2.21. The first-order chi connectivity index (χ1) is 19.6. The molecule has 3 atom stereocenters. The van der Waals surface area contributed by atoms with E-state index in [0.29, 0.717) is 6.42 Å². The Morgan fingerprint density at radius 1 is 0.600 bits per heavy atom. The summed E-state index contributed by atoms with van der Waals surface area (Å²) >= 11 is 0. The molecule has 0 aliphatic rings. The quantitative estimate of drug-likeness (QED) is 0.0543. The Balaban J connectivity index is 3.87. The van der Waals surface area contributed by atoms with E-state index in [-0.39, 0.29) is 6.61 Å². The summed E-state index contributed by atoms with van der Waals surface area (Å²) in [5.41, 5.74) is 0. The number of nitrogens with one attached hydrogen (secondary N) is 1. The van der Waals surface area contributed by atoms with Crippen molar-refractivity contribution in [1.29, 1.82) is 0 Å². The molecule has 0 aliphatic carbocycles. The maximum absolute atomic E-state index is 12.3.